The van der Waals surface area contributed by atoms with E-state index in [1.807, 2.05) is 10.6 Å². The predicted molar refractivity (Wildman–Crippen MR) is 67.3 cm³/mol. The van der Waals surface area contributed by atoms with Crippen molar-refractivity contribution in [2.24, 2.45) is 5.92 Å². The zero-order chi connectivity index (χ0) is 15.8. The summed E-state index contributed by atoms with van der Waals surface area (Å²) >= 11 is 0.865. The summed E-state index contributed by atoms with van der Waals surface area (Å²) in [6.07, 6.45) is -3.80. The predicted octanol–water partition coefficient (Wildman–Crippen LogP) is 1.29. The molecule has 2 heterocycles. The minimum atomic E-state index is -5.07. The topological polar surface area (TPSA) is 80.3 Å². The number of nitrogens with one attached hydrogen (secondary N) is 2. The Balaban J connectivity index is 2.58. The summed E-state index contributed by atoms with van der Waals surface area (Å²) in [5.74, 6) is -4.59. The molecular weight excluding hydrogens is 311 g/mol. The number of esters is 1. The van der Waals surface area contributed by atoms with Gasteiger partial charge in [-0.2, -0.15) is 13.2 Å². The molecule has 1 saturated heterocycles. The van der Waals surface area contributed by atoms with Gasteiger partial charge >= 0.3 is 12.1 Å². The van der Waals surface area contributed by atoms with Crippen LogP contribution in [0.4, 0.5) is 18.3 Å². The molecule has 0 aliphatic carbocycles. The Morgan fingerprint density at radius 3 is 2.76 bits per heavy atom. The van der Waals surface area contributed by atoms with Crippen molar-refractivity contribution in [1.82, 2.24) is 10.3 Å². The van der Waals surface area contributed by atoms with Gasteiger partial charge in [-0.15, -0.1) is 11.3 Å². The fraction of sp³-hybridized carbons (Fsp3) is 0.364. The molecule has 1 aliphatic rings. The highest BCUT2D eigenvalue weighted by molar-refractivity contribution is 7.13. The van der Waals surface area contributed by atoms with E-state index in [0.717, 1.165) is 18.4 Å². The first kappa shape index (κ1) is 15.3. The average molecular weight is 321 g/mol. The van der Waals surface area contributed by atoms with Crippen LogP contribution in [0.5, 0.6) is 0 Å². The lowest BCUT2D eigenvalue weighted by molar-refractivity contribution is -0.195. The zero-order valence-corrected chi connectivity index (χ0v) is 11.5. The number of anilines is 1. The molecular formula is C11H10F3N3O3S. The van der Waals surface area contributed by atoms with E-state index in [1.54, 1.807) is 0 Å². The van der Waals surface area contributed by atoms with Gasteiger partial charge in [-0.3, -0.25) is 9.59 Å². The standard InChI is InChI=1S/C11H10F3N3O3S/c1-5-6(7(18)20-2)10(8(19)16-5,11(12,13)14)17-9-15-3-4-21-9/h3-4,6H,1H2,2H3,(H,15,17)(H,16,19)/t6-,10-/m1/s1. The maximum absolute atomic E-state index is 13.6. The number of hydrogen-bond donors (Lipinski definition) is 2. The van der Waals surface area contributed by atoms with Crippen LogP contribution in [0, 0.1) is 5.92 Å². The van der Waals surface area contributed by atoms with Crippen LogP contribution in [-0.2, 0) is 14.3 Å². The summed E-state index contributed by atoms with van der Waals surface area (Å²) in [4.78, 5) is 27.3. The number of amides is 1. The quantitative estimate of drug-likeness (QED) is 0.820. The number of nitrogens with zero attached hydrogens (tertiary/aromatic N) is 1. The summed E-state index contributed by atoms with van der Waals surface area (Å²) < 4.78 is 45.1. The van der Waals surface area contributed by atoms with E-state index in [-0.39, 0.29) is 10.8 Å². The van der Waals surface area contributed by atoms with Crippen LogP contribution in [-0.4, -0.2) is 35.7 Å². The van der Waals surface area contributed by atoms with E-state index in [1.165, 1.54) is 11.6 Å². The van der Waals surface area contributed by atoms with Gasteiger partial charge in [0.25, 0.3) is 5.91 Å². The second-order valence-electron chi connectivity index (χ2n) is 4.20. The van der Waals surface area contributed by atoms with Gasteiger partial charge in [0.15, 0.2) is 5.13 Å². The van der Waals surface area contributed by atoms with Crippen molar-refractivity contribution in [3.8, 4) is 0 Å². The number of halogens is 3. The first-order chi connectivity index (χ1) is 9.74. The van der Waals surface area contributed by atoms with Crippen molar-refractivity contribution in [1.29, 1.82) is 0 Å². The summed E-state index contributed by atoms with van der Waals surface area (Å²) in [6, 6.07) is 0. The normalized spacial score (nSPS) is 25.6. The molecule has 0 spiro atoms. The number of rotatable bonds is 3. The molecule has 2 atom stereocenters. The van der Waals surface area contributed by atoms with Crippen LogP contribution in [0.15, 0.2) is 23.9 Å². The van der Waals surface area contributed by atoms with Gasteiger partial charge in [-0.1, -0.05) is 6.58 Å². The monoisotopic (exact) mass is 321 g/mol. The molecule has 1 aliphatic heterocycles. The van der Waals surface area contributed by atoms with Gasteiger partial charge in [0.2, 0.25) is 5.54 Å². The lowest BCUT2D eigenvalue weighted by Gasteiger charge is -2.33. The molecule has 10 heteroatoms. The fourth-order valence-corrected chi connectivity index (χ4v) is 2.68. The van der Waals surface area contributed by atoms with Gasteiger partial charge < -0.3 is 15.4 Å². The van der Waals surface area contributed by atoms with Gasteiger partial charge in [-0.05, 0) is 0 Å². The second-order valence-corrected chi connectivity index (χ2v) is 5.10. The minimum absolute atomic E-state index is 0.147. The van der Waals surface area contributed by atoms with Gasteiger partial charge in [0.1, 0.15) is 5.92 Å². The molecule has 0 radical (unpaired) electrons. The van der Waals surface area contributed by atoms with Crippen LogP contribution >= 0.6 is 11.3 Å². The Morgan fingerprint density at radius 1 is 1.62 bits per heavy atom. The van der Waals surface area contributed by atoms with E-state index in [4.69, 9.17) is 0 Å². The summed E-state index contributed by atoms with van der Waals surface area (Å²) in [5, 5.41) is 5.27. The average Bonchev–Trinajstić information content (AvgIpc) is 2.96. The summed E-state index contributed by atoms with van der Waals surface area (Å²) in [5.41, 5.74) is -3.58. The second kappa shape index (κ2) is 5.02. The van der Waals surface area contributed by atoms with E-state index < -0.39 is 29.5 Å². The molecule has 0 saturated carbocycles. The Kier molecular flexibility index (Phi) is 3.66. The highest BCUT2D eigenvalue weighted by atomic mass is 32.1. The lowest BCUT2D eigenvalue weighted by atomic mass is 9.84. The van der Waals surface area contributed by atoms with Crippen molar-refractivity contribution in [3.05, 3.63) is 23.9 Å². The molecule has 1 aromatic rings. The molecule has 6 nitrogen and oxygen atoms in total. The molecule has 114 valence electrons. The zero-order valence-electron chi connectivity index (χ0n) is 10.7. The van der Waals surface area contributed by atoms with Crippen LogP contribution in [0.25, 0.3) is 0 Å². The van der Waals surface area contributed by atoms with E-state index in [0.29, 0.717) is 0 Å². The van der Waals surface area contributed by atoms with E-state index >= 15 is 0 Å². The SMILES string of the molecule is C=C1NC(=O)[C@@](Nc2nccs2)(C(F)(F)F)[C@H]1C(=O)OC. The molecule has 0 unspecified atom stereocenters. The number of hydrogen-bond acceptors (Lipinski definition) is 6. The molecule has 2 rings (SSSR count). The Hall–Kier alpha value is -2.10. The van der Waals surface area contributed by atoms with Crippen LogP contribution in [0.1, 0.15) is 0 Å². The number of ether oxygens (including phenoxy) is 1. The Morgan fingerprint density at radius 2 is 2.29 bits per heavy atom. The minimum Gasteiger partial charge on any atom is -0.468 e. The van der Waals surface area contributed by atoms with Crippen LogP contribution < -0.4 is 10.6 Å². The van der Waals surface area contributed by atoms with Gasteiger partial charge in [0, 0.05) is 17.3 Å². The Bertz CT molecular complexity index is 587. The maximum atomic E-state index is 13.6. The first-order valence-electron chi connectivity index (χ1n) is 5.56. The number of methoxy groups -OCH3 is 1. The first-order valence-corrected chi connectivity index (χ1v) is 6.44. The van der Waals surface area contributed by atoms with Crippen molar-refractivity contribution >= 4 is 28.3 Å². The molecule has 21 heavy (non-hydrogen) atoms. The number of aromatic nitrogens is 1. The van der Waals surface area contributed by atoms with Gasteiger partial charge in [0.05, 0.1) is 7.11 Å². The Labute approximate surface area is 121 Å². The molecule has 0 bridgehead atoms. The van der Waals surface area contributed by atoms with E-state index in [2.05, 4.69) is 16.3 Å². The number of thiazole rings is 1. The third-order valence-electron chi connectivity index (χ3n) is 3.03. The third-order valence-corrected chi connectivity index (χ3v) is 3.72. The van der Waals surface area contributed by atoms with Gasteiger partial charge in [-0.25, -0.2) is 4.98 Å². The maximum Gasteiger partial charge on any atom is 0.421 e. The van der Waals surface area contributed by atoms with E-state index in [9.17, 15) is 22.8 Å². The van der Waals surface area contributed by atoms with Crippen molar-refractivity contribution in [2.45, 2.75) is 11.7 Å². The number of carbonyl (C=O) groups is 2. The van der Waals surface area contributed by atoms with Crippen LogP contribution in [0.3, 0.4) is 0 Å². The van der Waals surface area contributed by atoms with Crippen molar-refractivity contribution in [3.63, 3.8) is 0 Å². The summed E-state index contributed by atoms with van der Waals surface area (Å²) in [7, 11) is 0.933. The third kappa shape index (κ3) is 2.24. The van der Waals surface area contributed by atoms with Crippen LogP contribution in [0.2, 0.25) is 0 Å². The van der Waals surface area contributed by atoms with Crippen molar-refractivity contribution < 1.29 is 27.5 Å². The smallest absolute Gasteiger partial charge is 0.421 e. The number of alkyl halides is 3. The highest BCUT2D eigenvalue weighted by Gasteiger charge is 2.72. The summed E-state index contributed by atoms with van der Waals surface area (Å²) in [6.45, 7) is 3.30. The fourth-order valence-electron chi connectivity index (χ4n) is 2.09. The molecule has 1 aromatic heterocycles. The largest absolute Gasteiger partial charge is 0.468 e. The molecule has 0 aromatic carbocycles. The molecule has 1 amide bonds. The van der Waals surface area contributed by atoms with Crippen molar-refractivity contribution in [2.75, 3.05) is 12.4 Å². The lowest BCUT2D eigenvalue weighted by Crippen LogP contribution is -2.62. The number of carbonyl (C=O) groups excluding carboxylic acids is 2. The molecule has 1 fully saturated rings. The molecule has 2 N–H and O–H groups in total. The highest BCUT2D eigenvalue weighted by Crippen LogP contribution is 2.45.